The van der Waals surface area contributed by atoms with Crippen LogP contribution in [0.15, 0.2) is 29.2 Å². The fourth-order valence-electron chi connectivity index (χ4n) is 1.81. The Kier molecular flexibility index (Phi) is 7.67. The molecule has 0 aliphatic carbocycles. The second-order valence-corrected chi connectivity index (χ2v) is 8.05. The number of benzene rings is 1. The summed E-state index contributed by atoms with van der Waals surface area (Å²) in [5.74, 6) is 0.204. The summed E-state index contributed by atoms with van der Waals surface area (Å²) >= 11 is 0. The zero-order valence-corrected chi connectivity index (χ0v) is 15.0. The zero-order chi connectivity index (χ0) is 17.5. The smallest absolute Gasteiger partial charge is 0.251 e. The Morgan fingerprint density at radius 3 is 2.61 bits per heavy atom. The predicted octanol–water partition coefficient (Wildman–Crippen LogP) is 1.73. The molecule has 1 amide bonds. The van der Waals surface area contributed by atoms with E-state index >= 15 is 0 Å². The highest BCUT2D eigenvalue weighted by molar-refractivity contribution is 7.89. The van der Waals surface area contributed by atoms with Crippen LogP contribution in [0.3, 0.4) is 0 Å². The molecule has 0 spiro atoms. The van der Waals surface area contributed by atoms with E-state index in [0.717, 1.165) is 4.31 Å². The molecule has 0 unspecified atom stereocenters. The maximum absolute atomic E-state index is 12.1. The molecule has 0 aliphatic rings. The second-order valence-electron chi connectivity index (χ2n) is 5.89. The van der Waals surface area contributed by atoms with Crippen molar-refractivity contribution >= 4 is 15.9 Å². The lowest BCUT2D eigenvalue weighted by Crippen LogP contribution is -2.26. The quantitative estimate of drug-likeness (QED) is 0.694. The van der Waals surface area contributed by atoms with Crippen LogP contribution in [0, 0.1) is 5.92 Å². The van der Waals surface area contributed by atoms with Gasteiger partial charge < -0.3 is 10.1 Å². The van der Waals surface area contributed by atoms with Crippen LogP contribution >= 0.6 is 0 Å². The molecule has 0 bridgehead atoms. The molecule has 0 heterocycles. The van der Waals surface area contributed by atoms with Gasteiger partial charge in [0.15, 0.2) is 0 Å². The van der Waals surface area contributed by atoms with Crippen molar-refractivity contribution in [2.24, 2.45) is 5.92 Å². The summed E-state index contributed by atoms with van der Waals surface area (Å²) in [6.45, 7) is 5.95. The minimum Gasteiger partial charge on any atom is -0.381 e. The van der Waals surface area contributed by atoms with Gasteiger partial charge in [-0.05, 0) is 30.5 Å². The Morgan fingerprint density at radius 1 is 1.30 bits per heavy atom. The molecule has 130 valence electrons. The molecule has 1 N–H and O–H groups in total. The number of ether oxygens (including phenoxy) is 1. The van der Waals surface area contributed by atoms with Crippen LogP contribution < -0.4 is 5.32 Å². The molecule has 6 nitrogen and oxygen atoms in total. The summed E-state index contributed by atoms with van der Waals surface area (Å²) in [4.78, 5) is 12.2. The second kappa shape index (κ2) is 9.00. The van der Waals surface area contributed by atoms with Crippen molar-refractivity contribution in [3.05, 3.63) is 29.8 Å². The first-order valence-corrected chi connectivity index (χ1v) is 9.07. The molecule has 0 fully saturated rings. The molecule has 0 radical (unpaired) electrons. The Balaban J connectivity index is 2.55. The maximum Gasteiger partial charge on any atom is 0.251 e. The fraction of sp³-hybridized carbons (Fsp3) is 0.562. The molecule has 0 atom stereocenters. The lowest BCUT2D eigenvalue weighted by Gasteiger charge is -2.12. The van der Waals surface area contributed by atoms with E-state index in [9.17, 15) is 13.2 Å². The summed E-state index contributed by atoms with van der Waals surface area (Å²) in [7, 11) is -0.625. The van der Waals surface area contributed by atoms with E-state index in [1.165, 1.54) is 26.2 Å². The summed E-state index contributed by atoms with van der Waals surface area (Å²) in [6, 6.07) is 6.03. The minimum atomic E-state index is -3.54. The van der Waals surface area contributed by atoms with Gasteiger partial charge in [-0.2, -0.15) is 0 Å². The van der Waals surface area contributed by atoms with E-state index < -0.39 is 10.0 Å². The van der Waals surface area contributed by atoms with Crippen LogP contribution in [0.25, 0.3) is 0 Å². The Morgan fingerprint density at radius 2 is 2.00 bits per heavy atom. The van der Waals surface area contributed by atoms with Gasteiger partial charge in [0.2, 0.25) is 10.0 Å². The van der Waals surface area contributed by atoms with Crippen LogP contribution in [-0.2, 0) is 14.8 Å². The first-order chi connectivity index (χ1) is 10.7. The molecule has 1 aromatic carbocycles. The number of hydrogen-bond donors (Lipinski definition) is 1. The van der Waals surface area contributed by atoms with Gasteiger partial charge in [0.05, 0.1) is 4.90 Å². The van der Waals surface area contributed by atoms with Crippen molar-refractivity contribution in [1.29, 1.82) is 0 Å². The monoisotopic (exact) mass is 342 g/mol. The summed E-state index contributed by atoms with van der Waals surface area (Å²) in [6.07, 6.45) is 0.716. The largest absolute Gasteiger partial charge is 0.381 e. The van der Waals surface area contributed by atoms with E-state index in [4.69, 9.17) is 4.74 Å². The standard InChI is InChI=1S/C16H26N2O4S/c1-13(2)12-22-10-6-9-17-16(19)14-7-5-8-15(11-14)23(20,21)18(3)4/h5,7-8,11,13H,6,9-10,12H2,1-4H3,(H,17,19). The van der Waals surface area contributed by atoms with Crippen molar-refractivity contribution in [2.75, 3.05) is 33.9 Å². The van der Waals surface area contributed by atoms with E-state index in [1.807, 2.05) is 0 Å². The number of amides is 1. The van der Waals surface area contributed by atoms with Gasteiger partial charge >= 0.3 is 0 Å². The average molecular weight is 342 g/mol. The molecule has 0 aromatic heterocycles. The number of nitrogens with one attached hydrogen (secondary N) is 1. The summed E-state index contributed by atoms with van der Waals surface area (Å²) < 4.78 is 30.7. The van der Waals surface area contributed by atoms with Crippen molar-refractivity contribution in [2.45, 2.75) is 25.2 Å². The van der Waals surface area contributed by atoms with Gasteiger partial charge in [-0.25, -0.2) is 12.7 Å². The molecule has 0 aliphatic heterocycles. The highest BCUT2D eigenvalue weighted by atomic mass is 32.2. The van der Waals surface area contributed by atoms with Crippen LogP contribution in [0.5, 0.6) is 0 Å². The van der Waals surface area contributed by atoms with Crippen LogP contribution in [-0.4, -0.2) is 52.5 Å². The lowest BCUT2D eigenvalue weighted by molar-refractivity contribution is 0.0925. The van der Waals surface area contributed by atoms with Gasteiger partial charge in [0.25, 0.3) is 5.91 Å². The van der Waals surface area contributed by atoms with E-state index in [1.54, 1.807) is 12.1 Å². The predicted molar refractivity (Wildman–Crippen MR) is 89.9 cm³/mol. The van der Waals surface area contributed by atoms with Gasteiger partial charge in [-0.1, -0.05) is 19.9 Å². The van der Waals surface area contributed by atoms with Crippen LogP contribution in [0.4, 0.5) is 0 Å². The number of sulfonamides is 1. The molecule has 0 saturated heterocycles. The van der Waals surface area contributed by atoms with Crippen LogP contribution in [0.1, 0.15) is 30.6 Å². The number of carbonyl (C=O) groups is 1. The molecule has 23 heavy (non-hydrogen) atoms. The maximum atomic E-state index is 12.1. The fourth-order valence-corrected chi connectivity index (χ4v) is 2.75. The first-order valence-electron chi connectivity index (χ1n) is 7.63. The third-order valence-electron chi connectivity index (χ3n) is 3.08. The molecule has 1 rings (SSSR count). The van der Waals surface area contributed by atoms with Gasteiger partial charge in [-0.15, -0.1) is 0 Å². The Labute approximate surface area is 138 Å². The third kappa shape index (κ3) is 6.29. The number of nitrogens with zero attached hydrogens (tertiary/aromatic N) is 1. The Bertz CT molecular complexity index is 612. The summed E-state index contributed by atoms with van der Waals surface area (Å²) in [5.41, 5.74) is 0.330. The van der Waals surface area contributed by atoms with E-state index in [0.29, 0.717) is 37.7 Å². The summed E-state index contributed by atoms with van der Waals surface area (Å²) in [5, 5.41) is 2.77. The van der Waals surface area contributed by atoms with Crippen molar-refractivity contribution < 1.29 is 17.9 Å². The highest BCUT2D eigenvalue weighted by Crippen LogP contribution is 2.14. The topological polar surface area (TPSA) is 75.7 Å². The number of rotatable bonds is 9. The minimum absolute atomic E-state index is 0.107. The van der Waals surface area contributed by atoms with Gasteiger partial charge in [-0.3, -0.25) is 4.79 Å². The zero-order valence-electron chi connectivity index (χ0n) is 14.2. The first kappa shape index (κ1) is 19.6. The highest BCUT2D eigenvalue weighted by Gasteiger charge is 2.18. The molecular formula is C16H26N2O4S. The number of hydrogen-bond acceptors (Lipinski definition) is 4. The van der Waals surface area contributed by atoms with Crippen molar-refractivity contribution in [3.63, 3.8) is 0 Å². The normalized spacial score (nSPS) is 11.9. The van der Waals surface area contributed by atoms with E-state index in [2.05, 4.69) is 19.2 Å². The van der Waals surface area contributed by atoms with E-state index in [-0.39, 0.29) is 10.8 Å². The van der Waals surface area contributed by atoms with Crippen LogP contribution in [0.2, 0.25) is 0 Å². The SMILES string of the molecule is CC(C)COCCCNC(=O)c1cccc(S(=O)(=O)N(C)C)c1. The Hall–Kier alpha value is -1.44. The molecular weight excluding hydrogens is 316 g/mol. The average Bonchev–Trinajstić information content (AvgIpc) is 2.50. The molecule has 7 heteroatoms. The molecule has 0 saturated carbocycles. The molecule has 1 aromatic rings. The van der Waals surface area contributed by atoms with Gasteiger partial charge in [0, 0.05) is 39.4 Å². The lowest BCUT2D eigenvalue weighted by atomic mass is 10.2. The number of carbonyl (C=O) groups excluding carboxylic acids is 1. The van der Waals surface area contributed by atoms with Crippen molar-refractivity contribution in [1.82, 2.24) is 9.62 Å². The third-order valence-corrected chi connectivity index (χ3v) is 4.89. The van der Waals surface area contributed by atoms with Gasteiger partial charge in [0.1, 0.15) is 0 Å². The van der Waals surface area contributed by atoms with Crippen molar-refractivity contribution in [3.8, 4) is 0 Å².